The first-order chi connectivity index (χ1) is 15.6. The predicted molar refractivity (Wildman–Crippen MR) is 126 cm³/mol. The summed E-state index contributed by atoms with van der Waals surface area (Å²) in [6.07, 6.45) is 2.25. The fourth-order valence-electron chi connectivity index (χ4n) is 3.30. The molecule has 1 aromatic heterocycles. The number of fused-ring (bicyclic) bond motifs is 1. The molecular formula is C24H29N3O4S. The molecular weight excluding hydrogens is 426 g/mol. The van der Waals surface area contributed by atoms with Gasteiger partial charge in [-0.1, -0.05) is 67.6 Å². The Morgan fingerprint density at radius 1 is 1.09 bits per heavy atom. The van der Waals surface area contributed by atoms with Crippen molar-refractivity contribution in [3.63, 3.8) is 0 Å². The minimum atomic E-state index is -0.904. The fourth-order valence-corrected chi connectivity index (χ4v) is 4.24. The molecule has 0 aliphatic carbocycles. The van der Waals surface area contributed by atoms with Crippen molar-refractivity contribution in [1.29, 1.82) is 0 Å². The summed E-state index contributed by atoms with van der Waals surface area (Å²) in [7, 11) is 0. The highest BCUT2D eigenvalue weighted by Crippen LogP contribution is 2.24. The molecule has 0 bridgehead atoms. The van der Waals surface area contributed by atoms with Crippen LogP contribution in [0.2, 0.25) is 0 Å². The van der Waals surface area contributed by atoms with Crippen LogP contribution in [-0.4, -0.2) is 50.5 Å². The Morgan fingerprint density at radius 2 is 1.84 bits per heavy atom. The SMILES string of the molecule is CCCCOC(=O)N(CCCSc1nc2ccccc2n1CC(=O)O)Cc1ccccc1. The highest BCUT2D eigenvalue weighted by molar-refractivity contribution is 7.99. The molecule has 7 nitrogen and oxygen atoms in total. The first-order valence-corrected chi connectivity index (χ1v) is 11.8. The van der Waals surface area contributed by atoms with Crippen molar-refractivity contribution in [2.45, 2.75) is 44.4 Å². The zero-order valence-corrected chi connectivity index (χ0v) is 19.1. The number of amides is 1. The maximum absolute atomic E-state index is 12.6. The van der Waals surface area contributed by atoms with Crippen molar-refractivity contribution in [2.75, 3.05) is 18.9 Å². The van der Waals surface area contributed by atoms with Crippen LogP contribution in [0.25, 0.3) is 11.0 Å². The number of rotatable bonds is 12. The summed E-state index contributed by atoms with van der Waals surface area (Å²) < 4.78 is 7.16. The number of imidazole rings is 1. The second-order valence-corrected chi connectivity index (χ2v) is 8.50. The van der Waals surface area contributed by atoms with E-state index in [-0.39, 0.29) is 12.6 Å². The molecule has 3 aromatic rings. The Kier molecular flexibility index (Phi) is 8.98. The lowest BCUT2D eigenvalue weighted by Gasteiger charge is -2.22. The molecule has 1 heterocycles. The van der Waals surface area contributed by atoms with Crippen molar-refractivity contribution in [3.05, 3.63) is 60.2 Å². The number of carboxylic acids is 1. The molecule has 170 valence electrons. The number of unbranched alkanes of at least 4 members (excludes halogenated alkanes) is 1. The van der Waals surface area contributed by atoms with Gasteiger partial charge in [0.05, 0.1) is 17.6 Å². The van der Waals surface area contributed by atoms with E-state index in [0.29, 0.717) is 30.6 Å². The number of aliphatic carboxylic acids is 1. The molecule has 1 amide bonds. The van der Waals surface area contributed by atoms with E-state index in [2.05, 4.69) is 11.9 Å². The smallest absolute Gasteiger partial charge is 0.410 e. The third kappa shape index (κ3) is 6.75. The predicted octanol–water partition coefficient (Wildman–Crippen LogP) is 5.04. The Balaban J connectivity index is 1.61. The number of para-hydroxylation sites is 2. The highest BCUT2D eigenvalue weighted by atomic mass is 32.2. The normalized spacial score (nSPS) is 10.9. The van der Waals surface area contributed by atoms with Gasteiger partial charge in [-0.3, -0.25) is 4.79 Å². The van der Waals surface area contributed by atoms with Gasteiger partial charge in [-0.25, -0.2) is 9.78 Å². The third-order valence-corrected chi connectivity index (χ3v) is 5.98. The molecule has 0 aliphatic rings. The second-order valence-electron chi connectivity index (χ2n) is 7.44. The van der Waals surface area contributed by atoms with Gasteiger partial charge in [0, 0.05) is 18.8 Å². The molecule has 2 aromatic carbocycles. The molecule has 0 aliphatic heterocycles. The van der Waals surface area contributed by atoms with Crippen LogP contribution in [0.1, 0.15) is 31.7 Å². The number of hydrogen-bond donors (Lipinski definition) is 1. The lowest BCUT2D eigenvalue weighted by Crippen LogP contribution is -2.32. The molecule has 0 fully saturated rings. The summed E-state index contributed by atoms with van der Waals surface area (Å²) in [6, 6.07) is 17.4. The number of nitrogens with zero attached hydrogens (tertiary/aromatic N) is 3. The van der Waals surface area contributed by atoms with Gasteiger partial charge in [0.1, 0.15) is 6.54 Å². The first-order valence-electron chi connectivity index (χ1n) is 10.8. The number of carboxylic acid groups (broad SMARTS) is 1. The zero-order chi connectivity index (χ0) is 22.8. The van der Waals surface area contributed by atoms with Crippen LogP contribution in [0.5, 0.6) is 0 Å². The molecule has 0 atom stereocenters. The number of ether oxygens (including phenoxy) is 1. The number of thioether (sulfide) groups is 1. The van der Waals surface area contributed by atoms with Gasteiger partial charge in [0.25, 0.3) is 0 Å². The Hall–Kier alpha value is -3.00. The van der Waals surface area contributed by atoms with Crippen LogP contribution >= 0.6 is 11.8 Å². The van der Waals surface area contributed by atoms with E-state index >= 15 is 0 Å². The molecule has 0 spiro atoms. The van der Waals surface area contributed by atoms with Crippen LogP contribution < -0.4 is 0 Å². The van der Waals surface area contributed by atoms with Crippen molar-refractivity contribution in [2.24, 2.45) is 0 Å². The quantitative estimate of drug-likeness (QED) is 0.304. The maximum atomic E-state index is 12.6. The molecule has 1 N–H and O–H groups in total. The average molecular weight is 456 g/mol. The van der Waals surface area contributed by atoms with E-state index in [1.54, 1.807) is 9.47 Å². The van der Waals surface area contributed by atoms with Gasteiger partial charge in [-0.2, -0.15) is 0 Å². The van der Waals surface area contributed by atoms with Crippen LogP contribution in [-0.2, 0) is 22.6 Å². The van der Waals surface area contributed by atoms with Crippen LogP contribution in [0.4, 0.5) is 4.79 Å². The summed E-state index contributed by atoms with van der Waals surface area (Å²) in [5.74, 6) is -0.199. The summed E-state index contributed by atoms with van der Waals surface area (Å²) >= 11 is 1.51. The van der Waals surface area contributed by atoms with Gasteiger partial charge in [-0.15, -0.1) is 0 Å². The number of hydrogen-bond acceptors (Lipinski definition) is 5. The van der Waals surface area contributed by atoms with Crippen LogP contribution in [0.15, 0.2) is 59.8 Å². The van der Waals surface area contributed by atoms with Gasteiger partial charge in [-0.05, 0) is 30.5 Å². The van der Waals surface area contributed by atoms with Crippen LogP contribution in [0, 0.1) is 0 Å². The molecule has 0 saturated carbocycles. The average Bonchev–Trinajstić information content (AvgIpc) is 3.13. The highest BCUT2D eigenvalue weighted by Gasteiger charge is 2.17. The number of carbonyl (C=O) groups is 2. The van der Waals surface area contributed by atoms with Gasteiger partial charge in [0.15, 0.2) is 5.16 Å². The first kappa shape index (κ1) is 23.7. The molecule has 3 rings (SSSR count). The van der Waals surface area contributed by atoms with E-state index in [1.807, 2.05) is 54.6 Å². The summed E-state index contributed by atoms with van der Waals surface area (Å²) in [5, 5.41) is 9.96. The minimum absolute atomic E-state index is 0.132. The Morgan fingerprint density at radius 3 is 2.59 bits per heavy atom. The topological polar surface area (TPSA) is 84.7 Å². The van der Waals surface area contributed by atoms with Gasteiger partial charge < -0.3 is 19.3 Å². The second kappa shape index (κ2) is 12.1. The van der Waals surface area contributed by atoms with E-state index in [4.69, 9.17) is 4.74 Å². The Bertz CT molecular complexity index is 1020. The Labute approximate surface area is 192 Å². The molecule has 8 heteroatoms. The van der Waals surface area contributed by atoms with Crippen molar-refractivity contribution in [1.82, 2.24) is 14.5 Å². The lowest BCUT2D eigenvalue weighted by atomic mass is 10.2. The third-order valence-electron chi connectivity index (χ3n) is 4.91. The fraction of sp³-hybridized carbons (Fsp3) is 0.375. The maximum Gasteiger partial charge on any atom is 0.410 e. The monoisotopic (exact) mass is 455 g/mol. The van der Waals surface area contributed by atoms with Crippen molar-refractivity contribution < 1.29 is 19.4 Å². The number of benzene rings is 2. The molecule has 0 saturated heterocycles. The van der Waals surface area contributed by atoms with Crippen molar-refractivity contribution in [3.8, 4) is 0 Å². The minimum Gasteiger partial charge on any atom is -0.480 e. The van der Waals surface area contributed by atoms with Gasteiger partial charge >= 0.3 is 12.1 Å². The largest absolute Gasteiger partial charge is 0.480 e. The number of aromatic nitrogens is 2. The van der Waals surface area contributed by atoms with Crippen molar-refractivity contribution >= 4 is 34.9 Å². The van der Waals surface area contributed by atoms with E-state index in [1.165, 1.54) is 11.8 Å². The zero-order valence-electron chi connectivity index (χ0n) is 18.3. The molecule has 0 unspecified atom stereocenters. The number of carbonyl (C=O) groups excluding carboxylic acids is 1. The lowest BCUT2D eigenvalue weighted by molar-refractivity contribution is -0.137. The van der Waals surface area contributed by atoms with Crippen LogP contribution in [0.3, 0.4) is 0 Å². The molecule has 32 heavy (non-hydrogen) atoms. The standard InChI is InChI=1S/C24H29N3O4S/c1-2-3-15-31-24(30)26(17-19-10-5-4-6-11-19)14-9-16-32-23-25-20-12-7-8-13-21(20)27(23)18-22(28)29/h4-8,10-13H,2-3,9,14-18H2,1H3,(H,28,29). The van der Waals surface area contributed by atoms with E-state index < -0.39 is 5.97 Å². The summed E-state index contributed by atoms with van der Waals surface area (Å²) in [4.78, 5) is 30.2. The van der Waals surface area contributed by atoms with Gasteiger partial charge in [0.2, 0.25) is 0 Å². The summed E-state index contributed by atoms with van der Waals surface area (Å²) in [5.41, 5.74) is 2.64. The van der Waals surface area contributed by atoms with E-state index in [0.717, 1.165) is 35.9 Å². The summed E-state index contributed by atoms with van der Waals surface area (Å²) in [6.45, 7) is 3.39. The molecule has 0 radical (unpaired) electrons. The van der Waals surface area contributed by atoms with E-state index in [9.17, 15) is 14.7 Å².